The predicted octanol–water partition coefficient (Wildman–Crippen LogP) is 2.48. The van der Waals surface area contributed by atoms with E-state index in [0.29, 0.717) is 43.9 Å². The molecular formula is C20H21F3N4O2. The summed E-state index contributed by atoms with van der Waals surface area (Å²) in [6.07, 6.45) is -2.97. The van der Waals surface area contributed by atoms with E-state index in [4.69, 9.17) is 0 Å². The van der Waals surface area contributed by atoms with Crippen LogP contribution in [0.25, 0.3) is 0 Å². The molecule has 9 heteroatoms. The lowest BCUT2D eigenvalue weighted by Crippen LogP contribution is -2.48. The Kier molecular flexibility index (Phi) is 4.63. The number of hydrogen-bond donors (Lipinski definition) is 0. The van der Waals surface area contributed by atoms with E-state index in [1.165, 1.54) is 0 Å². The molecule has 0 N–H and O–H groups in total. The summed E-state index contributed by atoms with van der Waals surface area (Å²) in [5.41, 5.74) is 2.01. The first-order valence-corrected chi connectivity index (χ1v) is 9.38. The molecule has 0 aromatic carbocycles. The van der Waals surface area contributed by atoms with Gasteiger partial charge >= 0.3 is 6.18 Å². The van der Waals surface area contributed by atoms with Gasteiger partial charge in [-0.2, -0.15) is 13.2 Å². The lowest BCUT2D eigenvalue weighted by atomic mass is 9.95. The Hall–Kier alpha value is -2.84. The maximum Gasteiger partial charge on any atom is 0.433 e. The van der Waals surface area contributed by atoms with Gasteiger partial charge in [0.2, 0.25) is 5.91 Å². The first-order valence-electron chi connectivity index (χ1n) is 9.38. The number of carbonyl (C=O) groups is 1. The molecule has 4 rings (SSSR count). The van der Waals surface area contributed by atoms with Gasteiger partial charge in [0.05, 0.1) is 6.54 Å². The van der Waals surface area contributed by atoms with E-state index in [1.807, 2.05) is 11.0 Å². The maximum absolute atomic E-state index is 12.8. The Bertz CT molecular complexity index is 1030. The Morgan fingerprint density at radius 2 is 1.97 bits per heavy atom. The van der Waals surface area contributed by atoms with Crippen molar-refractivity contribution in [2.45, 2.75) is 32.6 Å². The molecule has 0 aliphatic carbocycles. The molecule has 0 saturated carbocycles. The molecule has 1 amide bonds. The van der Waals surface area contributed by atoms with Crippen LogP contribution in [0.4, 0.5) is 18.9 Å². The molecule has 1 fully saturated rings. The van der Waals surface area contributed by atoms with Crippen molar-refractivity contribution in [2.24, 2.45) is 13.0 Å². The highest BCUT2D eigenvalue weighted by Crippen LogP contribution is 2.33. The van der Waals surface area contributed by atoms with Crippen LogP contribution < -0.4 is 10.5 Å². The van der Waals surface area contributed by atoms with Gasteiger partial charge in [-0.25, -0.2) is 0 Å². The van der Waals surface area contributed by atoms with E-state index >= 15 is 0 Å². The second kappa shape index (κ2) is 6.89. The minimum Gasteiger partial charge on any atom is -0.371 e. The topological polar surface area (TPSA) is 58.4 Å². The van der Waals surface area contributed by atoms with E-state index < -0.39 is 11.9 Å². The van der Waals surface area contributed by atoms with Crippen LogP contribution in [-0.4, -0.2) is 33.4 Å². The van der Waals surface area contributed by atoms with Crippen LogP contribution in [0, 0.1) is 12.8 Å². The SMILES string of the molecule is Cc1cc2c(n(C)c1=O)CN(C(=O)CC1CN(c3ccnc(C(F)(F)F)c3)C1)C2. The predicted molar refractivity (Wildman–Crippen MR) is 100 cm³/mol. The van der Waals surface area contributed by atoms with Gasteiger partial charge in [0.1, 0.15) is 5.69 Å². The number of anilines is 1. The number of pyridine rings is 2. The minimum absolute atomic E-state index is 0.00154. The molecule has 154 valence electrons. The minimum atomic E-state index is -4.47. The second-order valence-corrected chi connectivity index (χ2v) is 7.79. The van der Waals surface area contributed by atoms with Gasteiger partial charge in [-0.15, -0.1) is 0 Å². The third-order valence-electron chi connectivity index (χ3n) is 5.68. The number of aromatic nitrogens is 2. The fourth-order valence-electron chi connectivity index (χ4n) is 4.03. The fraction of sp³-hybridized carbons (Fsp3) is 0.450. The summed E-state index contributed by atoms with van der Waals surface area (Å²) in [4.78, 5) is 31.7. The fourth-order valence-corrected chi connectivity index (χ4v) is 4.03. The molecule has 0 atom stereocenters. The normalized spacial score (nSPS) is 16.7. The Morgan fingerprint density at radius 3 is 2.66 bits per heavy atom. The maximum atomic E-state index is 12.8. The lowest BCUT2D eigenvalue weighted by molar-refractivity contribution is -0.141. The molecule has 2 aliphatic rings. The number of hydrogen-bond acceptors (Lipinski definition) is 4. The molecule has 2 aromatic rings. The molecule has 29 heavy (non-hydrogen) atoms. The van der Waals surface area contributed by atoms with Crippen molar-refractivity contribution in [2.75, 3.05) is 18.0 Å². The third kappa shape index (κ3) is 3.61. The molecule has 0 radical (unpaired) electrons. The van der Waals surface area contributed by atoms with Crippen molar-refractivity contribution in [3.63, 3.8) is 0 Å². The average molecular weight is 406 g/mol. The standard InChI is InChI=1S/C20H21F3N4O2/c1-12-5-14-10-27(11-16(14)25(2)19(12)29)18(28)6-13-8-26(9-13)15-3-4-24-17(7-15)20(21,22)23/h3-5,7,13H,6,8-11H2,1-2H3. The first-order chi connectivity index (χ1) is 13.6. The molecular weight excluding hydrogens is 385 g/mol. The van der Waals surface area contributed by atoms with Crippen LogP contribution >= 0.6 is 0 Å². The highest BCUT2D eigenvalue weighted by molar-refractivity contribution is 5.77. The van der Waals surface area contributed by atoms with Crippen LogP contribution in [0.1, 0.15) is 28.9 Å². The highest BCUT2D eigenvalue weighted by Gasteiger charge is 2.36. The average Bonchev–Trinajstić information content (AvgIpc) is 3.06. The number of carbonyl (C=O) groups excluding carboxylic acids is 1. The zero-order chi connectivity index (χ0) is 20.9. The van der Waals surface area contributed by atoms with Crippen molar-refractivity contribution in [1.29, 1.82) is 0 Å². The largest absolute Gasteiger partial charge is 0.433 e. The van der Waals surface area contributed by atoms with Crippen molar-refractivity contribution in [1.82, 2.24) is 14.5 Å². The number of fused-ring (bicyclic) bond motifs is 1. The number of rotatable bonds is 3. The quantitative estimate of drug-likeness (QED) is 0.786. The van der Waals surface area contributed by atoms with Crippen LogP contribution in [0.5, 0.6) is 0 Å². The zero-order valence-corrected chi connectivity index (χ0v) is 16.2. The molecule has 2 aliphatic heterocycles. The molecule has 4 heterocycles. The Labute approximate surface area is 165 Å². The van der Waals surface area contributed by atoms with Gasteiger partial charge in [-0.1, -0.05) is 0 Å². The van der Waals surface area contributed by atoms with Gasteiger partial charge in [0.15, 0.2) is 0 Å². The number of amides is 1. The summed E-state index contributed by atoms with van der Waals surface area (Å²) >= 11 is 0. The van der Waals surface area contributed by atoms with E-state index in [1.54, 1.807) is 29.5 Å². The van der Waals surface area contributed by atoms with Crippen LogP contribution in [-0.2, 0) is 31.1 Å². The Balaban J connectivity index is 1.35. The second-order valence-electron chi connectivity index (χ2n) is 7.79. The summed E-state index contributed by atoms with van der Waals surface area (Å²) in [7, 11) is 1.72. The molecule has 0 spiro atoms. The summed E-state index contributed by atoms with van der Waals surface area (Å²) in [6, 6.07) is 4.43. The summed E-state index contributed by atoms with van der Waals surface area (Å²) in [5, 5.41) is 0. The van der Waals surface area contributed by atoms with E-state index in [-0.39, 0.29) is 17.4 Å². The summed E-state index contributed by atoms with van der Waals surface area (Å²) < 4.78 is 40.0. The third-order valence-corrected chi connectivity index (χ3v) is 5.68. The van der Waals surface area contributed by atoms with E-state index in [9.17, 15) is 22.8 Å². The number of halogens is 3. The number of nitrogens with zero attached hydrogens (tertiary/aromatic N) is 4. The van der Waals surface area contributed by atoms with E-state index in [0.717, 1.165) is 23.5 Å². The van der Waals surface area contributed by atoms with Crippen molar-refractivity contribution in [3.05, 3.63) is 57.3 Å². The van der Waals surface area contributed by atoms with Gasteiger partial charge < -0.3 is 14.4 Å². The summed E-state index contributed by atoms with van der Waals surface area (Å²) in [5.74, 6) is 0.0981. The molecule has 0 bridgehead atoms. The van der Waals surface area contributed by atoms with E-state index in [2.05, 4.69) is 4.98 Å². The van der Waals surface area contributed by atoms with Crippen LogP contribution in [0.2, 0.25) is 0 Å². The number of aryl methyl sites for hydroxylation is 1. The summed E-state index contributed by atoms with van der Waals surface area (Å²) in [6.45, 7) is 3.73. The van der Waals surface area contributed by atoms with Crippen LogP contribution in [0.15, 0.2) is 29.2 Å². The van der Waals surface area contributed by atoms with Gasteiger partial charge in [-0.3, -0.25) is 14.6 Å². The van der Waals surface area contributed by atoms with Crippen LogP contribution in [0.3, 0.4) is 0 Å². The molecule has 2 aromatic heterocycles. The van der Waals surface area contributed by atoms with Gasteiger partial charge in [0.25, 0.3) is 5.56 Å². The van der Waals surface area contributed by atoms with Gasteiger partial charge in [0, 0.05) is 62.2 Å². The van der Waals surface area contributed by atoms with Gasteiger partial charge in [-0.05, 0) is 30.7 Å². The first kappa shape index (κ1) is 19.5. The highest BCUT2D eigenvalue weighted by atomic mass is 19.4. The van der Waals surface area contributed by atoms with Crippen molar-refractivity contribution in [3.8, 4) is 0 Å². The Morgan fingerprint density at radius 1 is 1.24 bits per heavy atom. The molecule has 0 unspecified atom stereocenters. The lowest BCUT2D eigenvalue weighted by Gasteiger charge is -2.41. The zero-order valence-electron chi connectivity index (χ0n) is 16.2. The number of alkyl halides is 3. The monoisotopic (exact) mass is 406 g/mol. The molecule has 1 saturated heterocycles. The molecule has 6 nitrogen and oxygen atoms in total. The van der Waals surface area contributed by atoms with Crippen molar-refractivity contribution >= 4 is 11.6 Å². The smallest absolute Gasteiger partial charge is 0.371 e. The van der Waals surface area contributed by atoms with Crippen molar-refractivity contribution < 1.29 is 18.0 Å².